The molecular weight excluding hydrogens is 555 g/mol. The number of ether oxygens (including phenoxy) is 2. The summed E-state index contributed by atoms with van der Waals surface area (Å²) in [5.41, 5.74) is 3.11. The van der Waals surface area contributed by atoms with Gasteiger partial charge in [0, 0.05) is 15.1 Å². The van der Waals surface area contributed by atoms with Crippen LogP contribution < -0.4 is 14.9 Å². The highest BCUT2D eigenvalue weighted by molar-refractivity contribution is 9.10. The zero-order chi connectivity index (χ0) is 24.8. The fourth-order valence-corrected chi connectivity index (χ4v) is 3.94. The Morgan fingerprint density at radius 3 is 2.51 bits per heavy atom. The highest BCUT2D eigenvalue weighted by atomic mass is 79.9. The van der Waals surface area contributed by atoms with Crippen molar-refractivity contribution in [3.63, 3.8) is 0 Å². The second kappa shape index (κ2) is 11.4. The standard InChI is InChI=1S/C26H17BrCl2N2O4/c27-17-6-9-19(10-7-17)34-15-25(32)31-30-14-22-20-4-2-1-3-16(20)5-12-24(22)35-26(33)21-11-8-18(28)13-23(21)29/h1-14H,15H2,(H,31,32)/b30-14-. The number of carbonyl (C=O) groups excluding carboxylic acids is 2. The van der Waals surface area contributed by atoms with Crippen LogP contribution in [0.25, 0.3) is 10.8 Å². The summed E-state index contributed by atoms with van der Waals surface area (Å²) in [5.74, 6) is -0.292. The lowest BCUT2D eigenvalue weighted by atomic mass is 10.0. The Morgan fingerprint density at radius 1 is 0.971 bits per heavy atom. The van der Waals surface area contributed by atoms with Crippen LogP contribution in [0, 0.1) is 0 Å². The normalized spacial score (nSPS) is 10.9. The second-order valence-electron chi connectivity index (χ2n) is 7.25. The first kappa shape index (κ1) is 24.7. The molecule has 0 aliphatic rings. The molecule has 1 amide bonds. The Labute approximate surface area is 219 Å². The Kier molecular flexibility index (Phi) is 8.02. The molecule has 4 rings (SSSR count). The van der Waals surface area contributed by atoms with Crippen molar-refractivity contribution in [3.05, 3.63) is 105 Å². The van der Waals surface area contributed by atoms with Gasteiger partial charge in [0.25, 0.3) is 5.91 Å². The lowest BCUT2D eigenvalue weighted by Crippen LogP contribution is -2.24. The van der Waals surface area contributed by atoms with Crippen LogP contribution in [0.1, 0.15) is 15.9 Å². The highest BCUT2D eigenvalue weighted by Crippen LogP contribution is 2.29. The number of esters is 1. The summed E-state index contributed by atoms with van der Waals surface area (Å²) in [6.45, 7) is -0.217. The van der Waals surface area contributed by atoms with E-state index in [0.717, 1.165) is 15.2 Å². The topological polar surface area (TPSA) is 77.0 Å². The van der Waals surface area contributed by atoms with E-state index in [-0.39, 0.29) is 22.9 Å². The number of hydrogen-bond acceptors (Lipinski definition) is 5. The molecular formula is C26H17BrCl2N2O4. The molecule has 6 nitrogen and oxygen atoms in total. The van der Waals surface area contributed by atoms with Gasteiger partial charge in [-0.15, -0.1) is 0 Å². The summed E-state index contributed by atoms with van der Waals surface area (Å²) in [6, 6.07) is 22.6. The van der Waals surface area contributed by atoms with E-state index in [1.807, 2.05) is 42.5 Å². The first-order valence-electron chi connectivity index (χ1n) is 10.3. The van der Waals surface area contributed by atoms with Crippen LogP contribution in [-0.4, -0.2) is 24.7 Å². The van der Waals surface area contributed by atoms with Crippen LogP contribution in [0.5, 0.6) is 11.5 Å². The van der Waals surface area contributed by atoms with E-state index in [0.29, 0.717) is 16.3 Å². The molecule has 35 heavy (non-hydrogen) atoms. The summed E-state index contributed by atoms with van der Waals surface area (Å²) >= 11 is 15.4. The van der Waals surface area contributed by atoms with Gasteiger partial charge < -0.3 is 9.47 Å². The number of rotatable bonds is 7. The van der Waals surface area contributed by atoms with E-state index in [1.165, 1.54) is 18.3 Å². The minimum absolute atomic E-state index is 0.172. The van der Waals surface area contributed by atoms with Crippen molar-refractivity contribution < 1.29 is 19.1 Å². The lowest BCUT2D eigenvalue weighted by molar-refractivity contribution is -0.123. The highest BCUT2D eigenvalue weighted by Gasteiger charge is 2.16. The van der Waals surface area contributed by atoms with E-state index in [4.69, 9.17) is 32.7 Å². The number of carbonyl (C=O) groups is 2. The van der Waals surface area contributed by atoms with Gasteiger partial charge in [0.05, 0.1) is 16.8 Å². The van der Waals surface area contributed by atoms with Crippen molar-refractivity contribution in [1.82, 2.24) is 5.43 Å². The Balaban J connectivity index is 1.52. The maximum Gasteiger partial charge on any atom is 0.345 e. The molecule has 0 unspecified atom stereocenters. The van der Waals surface area contributed by atoms with Crippen LogP contribution in [0.15, 0.2) is 88.4 Å². The van der Waals surface area contributed by atoms with Gasteiger partial charge in [0.15, 0.2) is 6.61 Å². The average Bonchev–Trinajstić information content (AvgIpc) is 2.84. The summed E-state index contributed by atoms with van der Waals surface area (Å²) in [7, 11) is 0. The quantitative estimate of drug-likeness (QED) is 0.116. The minimum atomic E-state index is -0.650. The van der Waals surface area contributed by atoms with E-state index in [2.05, 4.69) is 26.5 Å². The van der Waals surface area contributed by atoms with Crippen LogP contribution >= 0.6 is 39.1 Å². The van der Waals surface area contributed by atoms with E-state index >= 15 is 0 Å². The summed E-state index contributed by atoms with van der Waals surface area (Å²) in [4.78, 5) is 25.0. The summed E-state index contributed by atoms with van der Waals surface area (Å²) < 4.78 is 12.0. The molecule has 0 aliphatic heterocycles. The molecule has 0 aromatic heterocycles. The third-order valence-electron chi connectivity index (χ3n) is 4.85. The minimum Gasteiger partial charge on any atom is -0.484 e. The molecule has 0 radical (unpaired) electrons. The smallest absolute Gasteiger partial charge is 0.345 e. The SMILES string of the molecule is O=C(COc1ccc(Br)cc1)N/N=C\c1c(OC(=O)c2ccc(Cl)cc2Cl)ccc2ccccc12. The molecule has 0 fully saturated rings. The number of nitrogens with zero attached hydrogens (tertiary/aromatic N) is 1. The van der Waals surface area contributed by atoms with Gasteiger partial charge in [-0.1, -0.05) is 69.5 Å². The number of hydrogen-bond donors (Lipinski definition) is 1. The maximum atomic E-state index is 12.8. The molecule has 0 saturated heterocycles. The van der Waals surface area contributed by atoms with Gasteiger partial charge in [-0.3, -0.25) is 4.79 Å². The predicted molar refractivity (Wildman–Crippen MR) is 141 cm³/mol. The second-order valence-corrected chi connectivity index (χ2v) is 9.01. The Hall–Kier alpha value is -3.39. The molecule has 9 heteroatoms. The van der Waals surface area contributed by atoms with Gasteiger partial charge in [-0.2, -0.15) is 5.10 Å². The third kappa shape index (κ3) is 6.39. The fourth-order valence-electron chi connectivity index (χ4n) is 3.19. The fraction of sp³-hybridized carbons (Fsp3) is 0.0385. The molecule has 0 aliphatic carbocycles. The predicted octanol–water partition coefficient (Wildman–Crippen LogP) is 6.66. The van der Waals surface area contributed by atoms with Crippen LogP contribution in [0.4, 0.5) is 0 Å². The van der Waals surface area contributed by atoms with E-state index in [1.54, 1.807) is 24.3 Å². The van der Waals surface area contributed by atoms with Crippen molar-refractivity contribution in [1.29, 1.82) is 0 Å². The molecule has 0 atom stereocenters. The molecule has 0 heterocycles. The van der Waals surface area contributed by atoms with Crippen molar-refractivity contribution in [2.75, 3.05) is 6.61 Å². The first-order chi connectivity index (χ1) is 16.9. The van der Waals surface area contributed by atoms with E-state index < -0.39 is 11.9 Å². The van der Waals surface area contributed by atoms with Gasteiger partial charge in [-0.05, 0) is 59.3 Å². The van der Waals surface area contributed by atoms with Crippen molar-refractivity contribution in [2.24, 2.45) is 5.10 Å². The van der Waals surface area contributed by atoms with Crippen molar-refractivity contribution in [2.45, 2.75) is 0 Å². The molecule has 4 aromatic rings. The van der Waals surface area contributed by atoms with Crippen LogP contribution in [0.3, 0.4) is 0 Å². The number of fused-ring (bicyclic) bond motifs is 1. The number of halogens is 3. The Bertz CT molecular complexity index is 1430. The number of benzene rings is 4. The van der Waals surface area contributed by atoms with Gasteiger partial charge in [-0.25, -0.2) is 10.2 Å². The number of amides is 1. The van der Waals surface area contributed by atoms with Crippen molar-refractivity contribution >= 4 is 68.0 Å². The van der Waals surface area contributed by atoms with Gasteiger partial charge >= 0.3 is 5.97 Å². The molecule has 176 valence electrons. The lowest BCUT2D eigenvalue weighted by Gasteiger charge is -2.11. The zero-order valence-corrected chi connectivity index (χ0v) is 21.1. The van der Waals surface area contributed by atoms with E-state index in [9.17, 15) is 9.59 Å². The van der Waals surface area contributed by atoms with Gasteiger partial charge in [0.2, 0.25) is 0 Å². The molecule has 0 bridgehead atoms. The number of nitrogens with one attached hydrogen (secondary N) is 1. The zero-order valence-electron chi connectivity index (χ0n) is 18.0. The summed E-state index contributed by atoms with van der Waals surface area (Å²) in [5, 5.41) is 6.31. The molecule has 4 aromatic carbocycles. The molecule has 0 spiro atoms. The molecule has 0 saturated carbocycles. The van der Waals surface area contributed by atoms with Crippen LogP contribution in [0.2, 0.25) is 10.0 Å². The third-order valence-corrected chi connectivity index (χ3v) is 5.93. The average molecular weight is 572 g/mol. The van der Waals surface area contributed by atoms with Gasteiger partial charge in [0.1, 0.15) is 11.5 Å². The Morgan fingerprint density at radius 2 is 1.74 bits per heavy atom. The summed E-state index contributed by atoms with van der Waals surface area (Å²) in [6.07, 6.45) is 1.42. The number of hydrazone groups is 1. The largest absolute Gasteiger partial charge is 0.484 e. The molecule has 1 N–H and O–H groups in total. The van der Waals surface area contributed by atoms with Crippen molar-refractivity contribution in [3.8, 4) is 11.5 Å². The maximum absolute atomic E-state index is 12.8. The monoisotopic (exact) mass is 570 g/mol. The first-order valence-corrected chi connectivity index (χ1v) is 11.8. The van der Waals surface area contributed by atoms with Crippen LogP contribution in [-0.2, 0) is 4.79 Å².